The second kappa shape index (κ2) is 8.66. The van der Waals surface area contributed by atoms with Crippen molar-refractivity contribution >= 4 is 5.91 Å². The van der Waals surface area contributed by atoms with Gasteiger partial charge in [-0.15, -0.1) is 0 Å². The quantitative estimate of drug-likeness (QED) is 0.617. The zero-order chi connectivity index (χ0) is 15.8. The lowest BCUT2D eigenvalue weighted by molar-refractivity contribution is -0.143. The van der Waals surface area contributed by atoms with E-state index in [1.165, 1.54) is 25.7 Å². The van der Waals surface area contributed by atoms with Crippen LogP contribution < -0.4 is 5.73 Å². The molecule has 20 heavy (non-hydrogen) atoms. The van der Waals surface area contributed by atoms with Gasteiger partial charge in [0, 0.05) is 18.6 Å². The van der Waals surface area contributed by atoms with Gasteiger partial charge in [0.25, 0.3) is 0 Å². The Labute approximate surface area is 126 Å². The second-order valence-corrected chi connectivity index (χ2v) is 7.05. The molecule has 0 saturated heterocycles. The molecule has 1 amide bonds. The Kier molecular flexibility index (Phi) is 8.41. The maximum absolute atomic E-state index is 12.8. The Hall–Kier alpha value is -0.570. The fourth-order valence-electron chi connectivity index (χ4n) is 2.09. The summed E-state index contributed by atoms with van der Waals surface area (Å²) in [6.07, 6.45) is 6.92. The van der Waals surface area contributed by atoms with Gasteiger partial charge >= 0.3 is 0 Å². The summed E-state index contributed by atoms with van der Waals surface area (Å²) in [6.45, 7) is 14.0. The number of amides is 1. The maximum Gasteiger partial charge on any atom is 0.230 e. The SMILES string of the molecule is CCCCCN(CCCCC)C(=O)C(C)(C)C(C)(C)N. The molecule has 0 aliphatic heterocycles. The van der Waals surface area contributed by atoms with Crippen molar-refractivity contribution in [1.82, 2.24) is 4.90 Å². The highest BCUT2D eigenvalue weighted by Gasteiger charge is 2.42. The average molecular weight is 284 g/mol. The summed E-state index contributed by atoms with van der Waals surface area (Å²) in [5, 5.41) is 0. The fraction of sp³-hybridized carbons (Fsp3) is 0.941. The van der Waals surface area contributed by atoms with Crippen molar-refractivity contribution in [2.45, 2.75) is 85.6 Å². The maximum atomic E-state index is 12.8. The van der Waals surface area contributed by atoms with E-state index < -0.39 is 11.0 Å². The fourth-order valence-corrected chi connectivity index (χ4v) is 2.09. The third kappa shape index (κ3) is 5.82. The van der Waals surface area contributed by atoms with Gasteiger partial charge < -0.3 is 10.6 Å². The molecule has 0 aromatic rings. The van der Waals surface area contributed by atoms with Gasteiger partial charge in [0.1, 0.15) is 0 Å². The number of nitrogens with zero attached hydrogens (tertiary/aromatic N) is 1. The molecule has 0 aromatic heterocycles. The summed E-state index contributed by atoms with van der Waals surface area (Å²) in [6, 6.07) is 0. The molecule has 2 N–H and O–H groups in total. The van der Waals surface area contributed by atoms with E-state index in [9.17, 15) is 4.79 Å². The van der Waals surface area contributed by atoms with E-state index in [0.717, 1.165) is 25.9 Å². The Bertz CT molecular complexity index is 269. The summed E-state index contributed by atoms with van der Waals surface area (Å²) in [7, 11) is 0. The molecule has 0 spiro atoms. The molecule has 0 unspecified atom stereocenters. The highest BCUT2D eigenvalue weighted by molar-refractivity contribution is 5.83. The van der Waals surface area contributed by atoms with Gasteiger partial charge in [-0.25, -0.2) is 0 Å². The highest BCUT2D eigenvalue weighted by Crippen LogP contribution is 2.31. The van der Waals surface area contributed by atoms with Crippen molar-refractivity contribution in [1.29, 1.82) is 0 Å². The number of unbranched alkanes of at least 4 members (excludes halogenated alkanes) is 4. The van der Waals surface area contributed by atoms with E-state index in [1.54, 1.807) is 0 Å². The van der Waals surface area contributed by atoms with Gasteiger partial charge in [-0.1, -0.05) is 39.5 Å². The summed E-state index contributed by atoms with van der Waals surface area (Å²) >= 11 is 0. The Morgan fingerprint density at radius 3 is 1.60 bits per heavy atom. The van der Waals surface area contributed by atoms with Gasteiger partial charge in [0.15, 0.2) is 0 Å². The van der Waals surface area contributed by atoms with Crippen molar-refractivity contribution in [3.63, 3.8) is 0 Å². The minimum atomic E-state index is -0.522. The van der Waals surface area contributed by atoms with Gasteiger partial charge in [-0.2, -0.15) is 0 Å². The Morgan fingerprint density at radius 2 is 1.30 bits per heavy atom. The predicted molar refractivity (Wildman–Crippen MR) is 87.7 cm³/mol. The van der Waals surface area contributed by atoms with Crippen LogP contribution in [0.25, 0.3) is 0 Å². The summed E-state index contributed by atoms with van der Waals surface area (Å²) < 4.78 is 0. The summed E-state index contributed by atoms with van der Waals surface area (Å²) in [5.74, 6) is 0.206. The highest BCUT2D eigenvalue weighted by atomic mass is 16.2. The second-order valence-electron chi connectivity index (χ2n) is 7.05. The van der Waals surface area contributed by atoms with Crippen LogP contribution in [0, 0.1) is 5.41 Å². The van der Waals surface area contributed by atoms with E-state index in [4.69, 9.17) is 5.73 Å². The van der Waals surface area contributed by atoms with E-state index >= 15 is 0 Å². The summed E-state index contributed by atoms with van der Waals surface area (Å²) in [4.78, 5) is 14.9. The molecular weight excluding hydrogens is 248 g/mol. The van der Waals surface area contributed by atoms with Crippen LogP contribution in [0.2, 0.25) is 0 Å². The third-order valence-electron chi connectivity index (χ3n) is 4.50. The lowest BCUT2D eigenvalue weighted by Crippen LogP contribution is -2.56. The molecule has 0 bridgehead atoms. The monoisotopic (exact) mass is 284 g/mol. The largest absolute Gasteiger partial charge is 0.342 e. The topological polar surface area (TPSA) is 46.3 Å². The van der Waals surface area contributed by atoms with E-state index in [-0.39, 0.29) is 5.91 Å². The number of nitrogens with two attached hydrogens (primary N) is 1. The van der Waals surface area contributed by atoms with Crippen LogP contribution in [0.5, 0.6) is 0 Å². The molecular formula is C17H36N2O. The van der Waals surface area contributed by atoms with Gasteiger partial charge in [0.05, 0.1) is 5.41 Å². The molecule has 0 saturated carbocycles. The van der Waals surface area contributed by atoms with Crippen LogP contribution in [0.1, 0.15) is 80.1 Å². The Balaban J connectivity index is 4.76. The Morgan fingerprint density at radius 1 is 0.900 bits per heavy atom. The molecule has 0 rings (SSSR count). The zero-order valence-corrected chi connectivity index (χ0v) is 14.6. The lowest BCUT2D eigenvalue weighted by Gasteiger charge is -2.41. The van der Waals surface area contributed by atoms with Gasteiger partial charge in [0.2, 0.25) is 5.91 Å². The smallest absolute Gasteiger partial charge is 0.230 e. The molecule has 120 valence electrons. The molecule has 0 heterocycles. The number of hydrogen-bond donors (Lipinski definition) is 1. The van der Waals surface area contributed by atoms with Crippen molar-refractivity contribution in [3.05, 3.63) is 0 Å². The van der Waals surface area contributed by atoms with Gasteiger partial charge in [-0.05, 0) is 40.5 Å². The number of carbonyl (C=O) groups is 1. The zero-order valence-electron chi connectivity index (χ0n) is 14.6. The number of hydrogen-bond acceptors (Lipinski definition) is 2. The summed E-state index contributed by atoms with van der Waals surface area (Å²) in [5.41, 5.74) is 5.19. The van der Waals surface area contributed by atoms with Crippen molar-refractivity contribution in [2.24, 2.45) is 11.1 Å². The third-order valence-corrected chi connectivity index (χ3v) is 4.50. The average Bonchev–Trinajstić information content (AvgIpc) is 2.35. The van der Waals surface area contributed by atoms with Crippen molar-refractivity contribution in [2.75, 3.05) is 13.1 Å². The van der Waals surface area contributed by atoms with Crippen LogP contribution >= 0.6 is 0 Å². The van der Waals surface area contributed by atoms with Crippen molar-refractivity contribution in [3.8, 4) is 0 Å². The van der Waals surface area contributed by atoms with Gasteiger partial charge in [-0.3, -0.25) is 4.79 Å². The van der Waals surface area contributed by atoms with E-state index in [2.05, 4.69) is 13.8 Å². The standard InChI is InChI=1S/C17H36N2O/c1-7-9-11-13-19(14-12-10-8-2)15(20)16(3,4)17(5,6)18/h7-14,18H2,1-6H3. The van der Waals surface area contributed by atoms with Crippen LogP contribution in [-0.4, -0.2) is 29.4 Å². The van der Waals surface area contributed by atoms with E-state index in [1.807, 2.05) is 32.6 Å². The number of carbonyl (C=O) groups excluding carboxylic acids is 1. The molecule has 0 aliphatic rings. The first kappa shape index (κ1) is 19.4. The van der Waals surface area contributed by atoms with Crippen LogP contribution in [0.3, 0.4) is 0 Å². The first-order valence-electron chi connectivity index (χ1n) is 8.26. The predicted octanol–water partition coefficient (Wildman–Crippen LogP) is 3.96. The first-order chi connectivity index (χ1) is 9.18. The molecule has 3 heteroatoms. The normalized spacial score (nSPS) is 12.6. The minimum Gasteiger partial charge on any atom is -0.342 e. The molecule has 0 atom stereocenters. The van der Waals surface area contributed by atoms with Crippen molar-refractivity contribution < 1.29 is 4.79 Å². The molecule has 0 aliphatic carbocycles. The van der Waals surface area contributed by atoms with Crippen LogP contribution in [0.15, 0.2) is 0 Å². The molecule has 0 fully saturated rings. The molecule has 0 radical (unpaired) electrons. The molecule has 3 nitrogen and oxygen atoms in total. The van der Waals surface area contributed by atoms with E-state index in [0.29, 0.717) is 0 Å². The first-order valence-corrected chi connectivity index (χ1v) is 8.26. The number of rotatable bonds is 10. The lowest BCUT2D eigenvalue weighted by atomic mass is 9.74. The minimum absolute atomic E-state index is 0.206. The van der Waals surface area contributed by atoms with Crippen LogP contribution in [-0.2, 0) is 4.79 Å². The molecule has 0 aromatic carbocycles. The van der Waals surface area contributed by atoms with Crippen LogP contribution in [0.4, 0.5) is 0 Å².